The number of aryl methyl sites for hydroxylation is 1. The van der Waals surface area contributed by atoms with Crippen LogP contribution in [0.1, 0.15) is 11.4 Å². The van der Waals surface area contributed by atoms with Crippen molar-refractivity contribution in [3.05, 3.63) is 51.4 Å². The Bertz CT molecular complexity index is 1400. The number of fused-ring (bicyclic) bond motifs is 3. The molecule has 0 atom stereocenters. The van der Waals surface area contributed by atoms with Gasteiger partial charge in [-0.05, 0) is 23.6 Å². The molecule has 0 aliphatic carbocycles. The molecule has 3 heterocycles. The standard InChI is InChI=1S/C21H20N4O6S/c1-24-20(27)19-13(7-8-32-19)25-17(22-23-21(24)25)11-31-18(26)6-5-12-9-15(29-3)16(30-4)10-14(12)28-2/h5-10H,11H2,1-4H3. The summed E-state index contributed by atoms with van der Waals surface area (Å²) in [4.78, 5) is 24.8. The minimum absolute atomic E-state index is 0.115. The highest BCUT2D eigenvalue weighted by molar-refractivity contribution is 7.17. The number of benzene rings is 1. The number of esters is 1. The van der Waals surface area contributed by atoms with Crippen LogP contribution < -0.4 is 19.8 Å². The molecule has 3 aromatic heterocycles. The highest BCUT2D eigenvalue weighted by atomic mass is 32.1. The quantitative estimate of drug-likeness (QED) is 0.308. The van der Waals surface area contributed by atoms with Crippen molar-refractivity contribution in [1.29, 1.82) is 0 Å². The van der Waals surface area contributed by atoms with Crippen molar-refractivity contribution in [1.82, 2.24) is 19.2 Å². The first-order valence-corrected chi connectivity index (χ1v) is 10.3. The summed E-state index contributed by atoms with van der Waals surface area (Å²) in [5, 5.41) is 9.98. The zero-order chi connectivity index (χ0) is 22.8. The summed E-state index contributed by atoms with van der Waals surface area (Å²) in [5.41, 5.74) is 1.14. The Balaban J connectivity index is 1.56. The van der Waals surface area contributed by atoms with Crippen LogP contribution in [-0.2, 0) is 23.2 Å². The molecule has 0 spiro atoms. The number of hydrogen-bond acceptors (Lipinski definition) is 9. The summed E-state index contributed by atoms with van der Waals surface area (Å²) in [7, 11) is 6.20. The van der Waals surface area contributed by atoms with Crippen molar-refractivity contribution in [2.75, 3.05) is 21.3 Å². The van der Waals surface area contributed by atoms with Crippen molar-refractivity contribution in [2.24, 2.45) is 7.05 Å². The van der Waals surface area contributed by atoms with Gasteiger partial charge in [0.05, 0.1) is 26.8 Å². The lowest BCUT2D eigenvalue weighted by Gasteiger charge is -2.12. The summed E-state index contributed by atoms with van der Waals surface area (Å²) in [6.07, 6.45) is 2.84. The van der Waals surface area contributed by atoms with E-state index in [2.05, 4.69) is 10.2 Å². The molecule has 0 radical (unpaired) electrons. The third-order valence-corrected chi connectivity index (χ3v) is 5.77. The molecule has 0 saturated heterocycles. The summed E-state index contributed by atoms with van der Waals surface area (Å²) >= 11 is 1.33. The Morgan fingerprint density at radius 1 is 1.09 bits per heavy atom. The van der Waals surface area contributed by atoms with Crippen LogP contribution in [0.25, 0.3) is 22.1 Å². The summed E-state index contributed by atoms with van der Waals surface area (Å²) < 4.78 is 25.0. The van der Waals surface area contributed by atoms with Gasteiger partial charge in [0.1, 0.15) is 10.4 Å². The predicted octanol–water partition coefficient (Wildman–Crippen LogP) is 2.43. The average molecular weight is 456 g/mol. The smallest absolute Gasteiger partial charge is 0.331 e. The molecule has 10 nitrogen and oxygen atoms in total. The minimum Gasteiger partial charge on any atom is -0.496 e. The van der Waals surface area contributed by atoms with Gasteiger partial charge in [0.25, 0.3) is 5.56 Å². The third kappa shape index (κ3) is 3.66. The second-order valence-electron chi connectivity index (χ2n) is 6.64. The van der Waals surface area contributed by atoms with Gasteiger partial charge in [0, 0.05) is 24.8 Å². The fraction of sp³-hybridized carbons (Fsp3) is 0.238. The molecule has 0 fully saturated rings. The molecule has 0 amide bonds. The van der Waals surface area contributed by atoms with Crippen LogP contribution in [0.5, 0.6) is 17.2 Å². The monoisotopic (exact) mass is 456 g/mol. The predicted molar refractivity (Wildman–Crippen MR) is 119 cm³/mol. The SMILES string of the molecule is COc1cc(OC)c(OC)cc1C=CC(=O)OCc1nnc2n(C)c(=O)c3sccc3n12. The molecule has 11 heteroatoms. The first-order valence-electron chi connectivity index (χ1n) is 9.43. The molecule has 0 aliphatic heterocycles. The van der Waals surface area contributed by atoms with Gasteiger partial charge in [-0.15, -0.1) is 21.5 Å². The number of carbonyl (C=O) groups is 1. The number of aromatic nitrogens is 4. The number of carbonyl (C=O) groups excluding carboxylic acids is 1. The van der Waals surface area contributed by atoms with Crippen molar-refractivity contribution >= 4 is 39.4 Å². The van der Waals surface area contributed by atoms with Crippen molar-refractivity contribution in [3.8, 4) is 17.2 Å². The van der Waals surface area contributed by atoms with Gasteiger partial charge >= 0.3 is 5.97 Å². The van der Waals surface area contributed by atoms with E-state index in [1.807, 2.05) is 11.4 Å². The van der Waals surface area contributed by atoms with Gasteiger partial charge in [-0.25, -0.2) is 4.79 Å². The van der Waals surface area contributed by atoms with Crippen LogP contribution in [0.3, 0.4) is 0 Å². The topological polar surface area (TPSA) is 106 Å². The second-order valence-corrected chi connectivity index (χ2v) is 7.56. The van der Waals surface area contributed by atoms with Crippen LogP contribution in [0.2, 0.25) is 0 Å². The highest BCUT2D eigenvalue weighted by Crippen LogP contribution is 2.35. The van der Waals surface area contributed by atoms with E-state index < -0.39 is 5.97 Å². The molecule has 4 rings (SSSR count). The summed E-state index contributed by atoms with van der Waals surface area (Å²) in [5.74, 6) is 1.72. The van der Waals surface area contributed by atoms with E-state index in [1.54, 1.807) is 29.7 Å². The molecule has 0 unspecified atom stereocenters. The second kappa shape index (κ2) is 8.71. The average Bonchev–Trinajstić information content (AvgIpc) is 3.46. The van der Waals surface area contributed by atoms with Gasteiger partial charge in [-0.3, -0.25) is 13.8 Å². The zero-order valence-corrected chi connectivity index (χ0v) is 18.6. The highest BCUT2D eigenvalue weighted by Gasteiger charge is 2.16. The fourth-order valence-corrected chi connectivity index (χ4v) is 4.12. The van der Waals surface area contributed by atoms with Crippen LogP contribution in [0.4, 0.5) is 0 Å². The Morgan fingerprint density at radius 2 is 1.81 bits per heavy atom. The number of thiophene rings is 1. The summed E-state index contributed by atoms with van der Waals surface area (Å²) in [6.45, 7) is -0.115. The lowest BCUT2D eigenvalue weighted by molar-refractivity contribution is -0.139. The zero-order valence-electron chi connectivity index (χ0n) is 17.8. The number of hydrogen-bond donors (Lipinski definition) is 0. The molecule has 1 aromatic carbocycles. The normalized spacial score (nSPS) is 11.4. The van der Waals surface area contributed by atoms with Crippen LogP contribution >= 0.6 is 11.3 Å². The van der Waals surface area contributed by atoms with E-state index in [-0.39, 0.29) is 12.2 Å². The number of ether oxygens (including phenoxy) is 4. The Kier molecular flexibility index (Phi) is 5.82. The van der Waals surface area contributed by atoms with Crippen molar-refractivity contribution < 1.29 is 23.7 Å². The van der Waals surface area contributed by atoms with E-state index in [0.717, 1.165) is 0 Å². The van der Waals surface area contributed by atoms with E-state index in [9.17, 15) is 9.59 Å². The van der Waals surface area contributed by atoms with E-state index >= 15 is 0 Å². The molecule has 0 N–H and O–H groups in total. The lowest BCUT2D eigenvalue weighted by Crippen LogP contribution is -2.19. The van der Waals surface area contributed by atoms with Crippen molar-refractivity contribution in [3.63, 3.8) is 0 Å². The van der Waals surface area contributed by atoms with E-state index in [1.165, 1.54) is 43.3 Å². The van der Waals surface area contributed by atoms with Crippen LogP contribution in [0.15, 0.2) is 34.4 Å². The van der Waals surface area contributed by atoms with Crippen LogP contribution in [-0.4, -0.2) is 46.5 Å². The van der Waals surface area contributed by atoms with Gasteiger partial charge in [-0.2, -0.15) is 0 Å². The van der Waals surface area contributed by atoms with Crippen LogP contribution in [0, 0.1) is 0 Å². The first-order chi connectivity index (χ1) is 15.5. The number of methoxy groups -OCH3 is 3. The van der Waals surface area contributed by atoms with Gasteiger partial charge in [0.15, 0.2) is 23.9 Å². The molecule has 32 heavy (non-hydrogen) atoms. The maximum absolute atomic E-state index is 12.4. The molecule has 0 bridgehead atoms. The first kappa shape index (κ1) is 21.4. The molecular weight excluding hydrogens is 436 g/mol. The molecule has 0 aliphatic rings. The van der Waals surface area contributed by atoms with Gasteiger partial charge < -0.3 is 18.9 Å². The lowest BCUT2D eigenvalue weighted by atomic mass is 10.1. The van der Waals surface area contributed by atoms with E-state index in [4.69, 9.17) is 18.9 Å². The molecular formula is C21H20N4O6S. The largest absolute Gasteiger partial charge is 0.496 e. The Labute approximate surface area is 186 Å². The third-order valence-electron chi connectivity index (χ3n) is 4.88. The Morgan fingerprint density at radius 3 is 2.53 bits per heavy atom. The minimum atomic E-state index is -0.579. The van der Waals surface area contributed by atoms with E-state index in [0.29, 0.717) is 44.6 Å². The van der Waals surface area contributed by atoms with Gasteiger partial charge in [-0.1, -0.05) is 0 Å². The molecule has 0 saturated carbocycles. The fourth-order valence-electron chi connectivity index (χ4n) is 3.27. The maximum Gasteiger partial charge on any atom is 0.331 e. The maximum atomic E-state index is 12.4. The van der Waals surface area contributed by atoms with Gasteiger partial charge in [0.2, 0.25) is 5.78 Å². The number of nitrogens with zero attached hydrogens (tertiary/aromatic N) is 4. The molecule has 4 aromatic rings. The number of rotatable bonds is 7. The molecule has 166 valence electrons. The Hall–Kier alpha value is -3.86. The summed E-state index contributed by atoms with van der Waals surface area (Å²) in [6, 6.07) is 5.18. The van der Waals surface area contributed by atoms with Crippen molar-refractivity contribution in [2.45, 2.75) is 6.61 Å².